The minimum atomic E-state index is -0.486. The van der Waals surface area contributed by atoms with Crippen LogP contribution in [0.25, 0.3) is 17.0 Å². The molecule has 1 amide bonds. The van der Waals surface area contributed by atoms with Crippen LogP contribution in [0, 0.1) is 18.3 Å². The number of amides is 1. The van der Waals surface area contributed by atoms with E-state index in [2.05, 4.69) is 5.32 Å². The lowest BCUT2D eigenvalue weighted by Gasteiger charge is -2.08. The van der Waals surface area contributed by atoms with Gasteiger partial charge in [-0.1, -0.05) is 36.4 Å². The Morgan fingerprint density at radius 2 is 1.83 bits per heavy atom. The maximum atomic E-state index is 12.6. The van der Waals surface area contributed by atoms with E-state index in [1.165, 1.54) is 0 Å². The number of rotatable bonds is 6. The van der Waals surface area contributed by atoms with E-state index in [4.69, 9.17) is 4.74 Å². The Bertz CT molecular complexity index is 1120. The molecule has 2 aromatic carbocycles. The number of nitrogens with zero attached hydrogens (tertiary/aromatic N) is 2. The first-order valence-electron chi connectivity index (χ1n) is 9.26. The molecule has 0 atom stereocenters. The van der Waals surface area contributed by atoms with Crippen molar-refractivity contribution in [1.82, 2.24) is 4.57 Å². The third-order valence-electron chi connectivity index (χ3n) is 4.56. The number of para-hydroxylation sites is 2. The van der Waals surface area contributed by atoms with Crippen molar-refractivity contribution >= 4 is 34.5 Å². The van der Waals surface area contributed by atoms with Crippen molar-refractivity contribution in [2.75, 3.05) is 11.9 Å². The number of carbonyl (C=O) groups excluding carboxylic acids is 2. The molecule has 146 valence electrons. The molecule has 3 rings (SSSR count). The van der Waals surface area contributed by atoms with Gasteiger partial charge < -0.3 is 14.6 Å². The molecule has 3 aromatic rings. The van der Waals surface area contributed by atoms with Crippen molar-refractivity contribution in [3.05, 3.63) is 71.4 Å². The Kier molecular flexibility index (Phi) is 6.10. The quantitative estimate of drug-likeness (QED) is 0.393. The average molecular weight is 387 g/mol. The van der Waals surface area contributed by atoms with Crippen molar-refractivity contribution < 1.29 is 14.3 Å². The molecule has 6 heteroatoms. The highest BCUT2D eigenvalue weighted by atomic mass is 16.5. The Morgan fingerprint density at radius 3 is 2.52 bits per heavy atom. The largest absolute Gasteiger partial charge is 0.465 e. The van der Waals surface area contributed by atoms with E-state index in [0.29, 0.717) is 12.3 Å². The van der Waals surface area contributed by atoms with Gasteiger partial charge in [-0.05, 0) is 38.1 Å². The summed E-state index contributed by atoms with van der Waals surface area (Å²) < 4.78 is 6.91. The lowest BCUT2D eigenvalue weighted by Crippen LogP contribution is -2.14. The van der Waals surface area contributed by atoms with Gasteiger partial charge in [0.1, 0.15) is 18.2 Å². The van der Waals surface area contributed by atoms with Gasteiger partial charge in [-0.25, -0.2) is 0 Å². The van der Waals surface area contributed by atoms with Crippen molar-refractivity contribution in [3.63, 3.8) is 0 Å². The van der Waals surface area contributed by atoms with Crippen molar-refractivity contribution in [2.45, 2.75) is 20.4 Å². The van der Waals surface area contributed by atoms with E-state index >= 15 is 0 Å². The normalized spacial score (nSPS) is 11.1. The smallest absolute Gasteiger partial charge is 0.325 e. The van der Waals surface area contributed by atoms with Crippen LogP contribution in [0.1, 0.15) is 18.2 Å². The number of benzene rings is 2. The highest BCUT2D eigenvalue weighted by Crippen LogP contribution is 2.28. The Hall–Kier alpha value is -3.85. The number of ether oxygens (including phenoxy) is 1. The fraction of sp³-hybridized carbons (Fsp3) is 0.174. The fourth-order valence-electron chi connectivity index (χ4n) is 3.19. The number of carbonyl (C=O) groups is 2. The van der Waals surface area contributed by atoms with Crippen molar-refractivity contribution in [3.8, 4) is 6.07 Å². The Morgan fingerprint density at radius 1 is 1.14 bits per heavy atom. The maximum Gasteiger partial charge on any atom is 0.325 e. The van der Waals surface area contributed by atoms with Crippen LogP contribution in [0.5, 0.6) is 0 Å². The summed E-state index contributed by atoms with van der Waals surface area (Å²) in [6.45, 7) is 3.99. The summed E-state index contributed by atoms with van der Waals surface area (Å²) in [5, 5.41) is 13.1. The Labute approximate surface area is 169 Å². The third kappa shape index (κ3) is 4.36. The third-order valence-corrected chi connectivity index (χ3v) is 4.56. The van der Waals surface area contributed by atoms with Crippen LogP contribution in [0.2, 0.25) is 0 Å². The molecular weight excluding hydrogens is 366 g/mol. The first-order chi connectivity index (χ1) is 14.0. The van der Waals surface area contributed by atoms with Crippen molar-refractivity contribution in [2.24, 2.45) is 0 Å². The number of nitriles is 1. The standard InChI is InChI=1S/C23H21N3O3/c1-3-29-22(27)15-26-16(2)20(19-11-7-8-12-21(19)26)13-17(14-24)23(28)25-18-9-5-4-6-10-18/h4-13H,3,15H2,1-2H3,(H,25,28)/b17-13+. The molecule has 0 aliphatic rings. The highest BCUT2D eigenvalue weighted by molar-refractivity contribution is 6.11. The summed E-state index contributed by atoms with van der Waals surface area (Å²) in [6.07, 6.45) is 1.57. The number of anilines is 1. The average Bonchev–Trinajstić information content (AvgIpc) is 2.98. The maximum absolute atomic E-state index is 12.6. The summed E-state index contributed by atoms with van der Waals surface area (Å²) in [7, 11) is 0. The number of esters is 1. The van der Waals surface area contributed by atoms with Crippen LogP contribution in [0.3, 0.4) is 0 Å². The topological polar surface area (TPSA) is 84.1 Å². The van der Waals surface area contributed by atoms with Gasteiger partial charge in [-0.15, -0.1) is 0 Å². The molecule has 0 aliphatic carbocycles. The first kappa shape index (κ1) is 19.9. The van der Waals surface area contributed by atoms with Crippen molar-refractivity contribution in [1.29, 1.82) is 5.26 Å². The molecule has 0 radical (unpaired) electrons. The predicted molar refractivity (Wildman–Crippen MR) is 112 cm³/mol. The lowest BCUT2D eigenvalue weighted by atomic mass is 10.1. The second-order valence-corrected chi connectivity index (χ2v) is 6.40. The molecule has 0 saturated carbocycles. The van der Waals surface area contributed by atoms with Crippen LogP contribution >= 0.6 is 0 Å². The lowest BCUT2D eigenvalue weighted by molar-refractivity contribution is -0.143. The zero-order chi connectivity index (χ0) is 20.8. The van der Waals surface area contributed by atoms with E-state index in [-0.39, 0.29) is 18.1 Å². The van der Waals surface area contributed by atoms with E-state index in [0.717, 1.165) is 22.2 Å². The molecule has 6 nitrogen and oxygen atoms in total. The number of hydrogen-bond donors (Lipinski definition) is 1. The van der Waals surface area contributed by atoms with E-state index in [1.807, 2.05) is 47.9 Å². The number of nitrogens with one attached hydrogen (secondary N) is 1. The summed E-state index contributed by atoms with van der Waals surface area (Å²) in [5.41, 5.74) is 2.94. The van der Waals surface area contributed by atoms with Crippen LogP contribution in [0.4, 0.5) is 5.69 Å². The molecule has 0 bridgehead atoms. The van der Waals surface area contributed by atoms with Crippen LogP contribution in [0.15, 0.2) is 60.2 Å². The van der Waals surface area contributed by atoms with E-state index < -0.39 is 5.91 Å². The molecule has 1 aromatic heterocycles. The fourth-order valence-corrected chi connectivity index (χ4v) is 3.19. The van der Waals surface area contributed by atoms with Gasteiger partial charge in [0, 0.05) is 27.8 Å². The highest BCUT2D eigenvalue weighted by Gasteiger charge is 2.17. The molecule has 29 heavy (non-hydrogen) atoms. The molecule has 1 heterocycles. The van der Waals surface area contributed by atoms with E-state index in [9.17, 15) is 14.9 Å². The first-order valence-corrected chi connectivity index (χ1v) is 9.26. The number of aromatic nitrogens is 1. The molecular formula is C23H21N3O3. The molecule has 0 spiro atoms. The summed E-state index contributed by atoms with van der Waals surface area (Å²) >= 11 is 0. The van der Waals surface area contributed by atoms with Gasteiger partial charge in [0.05, 0.1) is 6.61 Å². The molecule has 0 saturated heterocycles. The van der Waals surface area contributed by atoms with Gasteiger partial charge in [0.25, 0.3) is 5.91 Å². The second kappa shape index (κ2) is 8.89. The minimum absolute atomic E-state index is 0.0176. The van der Waals surface area contributed by atoms with E-state index in [1.54, 1.807) is 37.3 Å². The zero-order valence-electron chi connectivity index (χ0n) is 16.3. The van der Waals surface area contributed by atoms with Gasteiger partial charge in [-0.3, -0.25) is 9.59 Å². The van der Waals surface area contributed by atoms with Gasteiger partial charge in [-0.2, -0.15) is 5.26 Å². The predicted octanol–water partition coefficient (Wildman–Crippen LogP) is 4.06. The summed E-state index contributed by atoms with van der Waals surface area (Å²) in [4.78, 5) is 24.6. The second-order valence-electron chi connectivity index (χ2n) is 6.40. The molecule has 1 N–H and O–H groups in total. The van der Waals surface area contributed by atoms with Gasteiger partial charge >= 0.3 is 5.97 Å². The zero-order valence-corrected chi connectivity index (χ0v) is 16.3. The SMILES string of the molecule is CCOC(=O)Cn1c(C)c(/C=C(\C#N)C(=O)Nc2ccccc2)c2ccccc21. The summed E-state index contributed by atoms with van der Waals surface area (Å²) in [6, 6.07) is 18.5. The summed E-state index contributed by atoms with van der Waals surface area (Å²) in [5.74, 6) is -0.825. The molecule has 0 unspecified atom stereocenters. The molecule has 0 aliphatic heterocycles. The monoisotopic (exact) mass is 387 g/mol. The van der Waals surface area contributed by atoms with Crippen LogP contribution in [-0.2, 0) is 20.9 Å². The van der Waals surface area contributed by atoms with Gasteiger partial charge in [0.2, 0.25) is 0 Å². The van der Waals surface area contributed by atoms with Crippen LogP contribution < -0.4 is 5.32 Å². The Balaban J connectivity index is 2.01. The van der Waals surface area contributed by atoms with Gasteiger partial charge in [0.15, 0.2) is 0 Å². The minimum Gasteiger partial charge on any atom is -0.465 e. The number of hydrogen-bond acceptors (Lipinski definition) is 4. The van der Waals surface area contributed by atoms with Crippen LogP contribution in [-0.4, -0.2) is 23.1 Å². The molecule has 0 fully saturated rings. The number of fused-ring (bicyclic) bond motifs is 1.